The predicted molar refractivity (Wildman–Crippen MR) is 44.4 cm³/mol. The number of ether oxygens (including phenoxy) is 1. The van der Waals surface area contributed by atoms with E-state index in [9.17, 15) is 9.59 Å². The van der Waals surface area contributed by atoms with Gasteiger partial charge in [-0.15, -0.1) is 0 Å². The molecular weight excluding hydrogens is 174 g/mol. The lowest BCUT2D eigenvalue weighted by Crippen LogP contribution is -2.34. The number of rotatable bonds is 4. The number of carbonyl (C=O) groups is 2. The summed E-state index contributed by atoms with van der Waals surface area (Å²) in [5.41, 5.74) is 0. The normalized spacial score (nSPS) is 15.2. The van der Waals surface area contributed by atoms with Gasteiger partial charge in [0.15, 0.2) is 0 Å². The first-order valence-electron chi connectivity index (χ1n) is 4.21. The van der Waals surface area contributed by atoms with E-state index >= 15 is 0 Å². The first-order valence-corrected chi connectivity index (χ1v) is 4.21. The number of aliphatic carboxylic acids is 1. The topological polar surface area (TPSA) is 66.8 Å². The Morgan fingerprint density at radius 1 is 1.54 bits per heavy atom. The molecule has 0 spiro atoms. The Bertz CT molecular complexity index is 212. The molecule has 74 valence electrons. The van der Waals surface area contributed by atoms with Crippen LogP contribution < -0.4 is 0 Å². The first-order chi connectivity index (χ1) is 6.15. The van der Waals surface area contributed by atoms with Crippen LogP contribution >= 0.6 is 0 Å². The van der Waals surface area contributed by atoms with Gasteiger partial charge in [-0.25, -0.2) is 4.79 Å². The van der Waals surface area contributed by atoms with Crippen LogP contribution in [0.15, 0.2) is 0 Å². The molecule has 0 aromatic carbocycles. The number of carboxylic acids is 1. The average molecular weight is 187 g/mol. The van der Waals surface area contributed by atoms with E-state index in [2.05, 4.69) is 4.74 Å². The van der Waals surface area contributed by atoms with E-state index in [0.717, 1.165) is 12.8 Å². The third-order valence-corrected chi connectivity index (χ3v) is 1.96. The maximum atomic E-state index is 11.1. The highest BCUT2D eigenvalue weighted by Gasteiger charge is 2.33. The number of hydrogen-bond acceptors (Lipinski definition) is 3. The number of methoxy groups -OCH3 is 1. The van der Waals surface area contributed by atoms with Crippen molar-refractivity contribution in [3.05, 3.63) is 0 Å². The highest BCUT2D eigenvalue weighted by atomic mass is 16.5. The fraction of sp³-hybridized carbons (Fsp3) is 0.750. The maximum Gasteiger partial charge on any atom is 0.409 e. The number of carbonyl (C=O) groups excluding carboxylic acids is 1. The Balaban J connectivity index is 2.38. The molecular formula is C8H13NO4. The Morgan fingerprint density at radius 2 is 2.15 bits per heavy atom. The minimum Gasteiger partial charge on any atom is -0.481 e. The van der Waals surface area contributed by atoms with Crippen LogP contribution in [0.2, 0.25) is 0 Å². The molecule has 1 aliphatic rings. The monoisotopic (exact) mass is 187 g/mol. The SMILES string of the molecule is COC(=O)N(CCC(=O)O)C1CC1. The fourth-order valence-corrected chi connectivity index (χ4v) is 1.14. The summed E-state index contributed by atoms with van der Waals surface area (Å²) in [7, 11) is 1.30. The fourth-order valence-electron chi connectivity index (χ4n) is 1.14. The van der Waals surface area contributed by atoms with Gasteiger partial charge in [-0.2, -0.15) is 0 Å². The molecule has 0 radical (unpaired) electrons. The van der Waals surface area contributed by atoms with Gasteiger partial charge < -0.3 is 14.7 Å². The van der Waals surface area contributed by atoms with Gasteiger partial charge in [0.1, 0.15) is 0 Å². The molecule has 1 amide bonds. The Labute approximate surface area is 76.3 Å². The second kappa shape index (κ2) is 4.11. The quantitative estimate of drug-likeness (QED) is 0.703. The summed E-state index contributed by atoms with van der Waals surface area (Å²) in [5.74, 6) is -0.894. The lowest BCUT2D eigenvalue weighted by molar-refractivity contribution is -0.137. The van der Waals surface area contributed by atoms with Gasteiger partial charge in [-0.1, -0.05) is 0 Å². The van der Waals surface area contributed by atoms with Crippen LogP contribution in [0.5, 0.6) is 0 Å². The summed E-state index contributed by atoms with van der Waals surface area (Å²) in [5, 5.41) is 8.44. The zero-order valence-electron chi connectivity index (χ0n) is 7.52. The van der Waals surface area contributed by atoms with Gasteiger partial charge >= 0.3 is 12.1 Å². The number of carboxylic acid groups (broad SMARTS) is 1. The van der Waals surface area contributed by atoms with E-state index in [0.29, 0.717) is 0 Å². The molecule has 1 N–H and O–H groups in total. The van der Waals surface area contributed by atoms with Gasteiger partial charge in [0.25, 0.3) is 0 Å². The van der Waals surface area contributed by atoms with Crippen molar-refractivity contribution in [2.75, 3.05) is 13.7 Å². The first kappa shape index (κ1) is 9.83. The third-order valence-electron chi connectivity index (χ3n) is 1.96. The van der Waals surface area contributed by atoms with E-state index in [-0.39, 0.29) is 19.0 Å². The van der Waals surface area contributed by atoms with E-state index in [1.165, 1.54) is 12.0 Å². The molecule has 0 bridgehead atoms. The molecule has 0 atom stereocenters. The molecule has 0 aromatic heterocycles. The van der Waals surface area contributed by atoms with Crippen LogP contribution in [-0.2, 0) is 9.53 Å². The number of amides is 1. The van der Waals surface area contributed by atoms with E-state index in [1.807, 2.05) is 0 Å². The molecule has 0 aromatic rings. The van der Waals surface area contributed by atoms with Crippen molar-refractivity contribution >= 4 is 12.1 Å². The molecule has 1 aliphatic carbocycles. The van der Waals surface area contributed by atoms with Crippen molar-refractivity contribution in [3.63, 3.8) is 0 Å². The van der Waals surface area contributed by atoms with E-state index < -0.39 is 12.1 Å². The maximum absolute atomic E-state index is 11.1. The zero-order valence-corrected chi connectivity index (χ0v) is 7.52. The summed E-state index contributed by atoms with van der Waals surface area (Å²) in [6.45, 7) is 0.243. The van der Waals surface area contributed by atoms with Gasteiger partial charge in [0, 0.05) is 12.6 Å². The smallest absolute Gasteiger partial charge is 0.409 e. The van der Waals surface area contributed by atoms with Crippen LogP contribution in [0.4, 0.5) is 4.79 Å². The van der Waals surface area contributed by atoms with Crippen molar-refractivity contribution in [1.82, 2.24) is 4.90 Å². The number of nitrogens with zero attached hydrogens (tertiary/aromatic N) is 1. The van der Waals surface area contributed by atoms with E-state index in [1.54, 1.807) is 0 Å². The van der Waals surface area contributed by atoms with Crippen molar-refractivity contribution in [2.24, 2.45) is 0 Å². The van der Waals surface area contributed by atoms with Gasteiger partial charge in [0.05, 0.1) is 13.5 Å². The minimum absolute atomic E-state index is 0.0222. The molecule has 1 fully saturated rings. The summed E-state index contributed by atoms with van der Waals surface area (Å²) < 4.78 is 4.54. The van der Waals surface area contributed by atoms with Gasteiger partial charge in [-0.05, 0) is 12.8 Å². The van der Waals surface area contributed by atoms with Gasteiger partial charge in [0.2, 0.25) is 0 Å². The molecule has 13 heavy (non-hydrogen) atoms. The van der Waals surface area contributed by atoms with Crippen LogP contribution in [0.3, 0.4) is 0 Å². The molecule has 0 unspecified atom stereocenters. The second-order valence-corrected chi connectivity index (χ2v) is 3.04. The second-order valence-electron chi connectivity index (χ2n) is 3.04. The van der Waals surface area contributed by atoms with Crippen LogP contribution in [0.25, 0.3) is 0 Å². The zero-order chi connectivity index (χ0) is 9.84. The molecule has 0 saturated heterocycles. The molecule has 1 rings (SSSR count). The molecule has 0 aliphatic heterocycles. The highest BCUT2D eigenvalue weighted by molar-refractivity contribution is 5.71. The summed E-state index contributed by atoms with van der Waals surface area (Å²) >= 11 is 0. The Hall–Kier alpha value is -1.26. The molecule has 1 saturated carbocycles. The molecule has 5 heteroatoms. The molecule has 0 heterocycles. The number of hydrogen-bond donors (Lipinski definition) is 1. The van der Waals surface area contributed by atoms with Crippen molar-refractivity contribution in [2.45, 2.75) is 25.3 Å². The average Bonchev–Trinajstić information content (AvgIpc) is 2.87. The van der Waals surface area contributed by atoms with Crippen molar-refractivity contribution in [1.29, 1.82) is 0 Å². The van der Waals surface area contributed by atoms with Crippen molar-refractivity contribution in [3.8, 4) is 0 Å². The molecule has 5 nitrogen and oxygen atoms in total. The van der Waals surface area contributed by atoms with Crippen LogP contribution in [-0.4, -0.2) is 41.8 Å². The highest BCUT2D eigenvalue weighted by Crippen LogP contribution is 2.27. The summed E-state index contributed by atoms with van der Waals surface area (Å²) in [6, 6.07) is 0.201. The van der Waals surface area contributed by atoms with Crippen molar-refractivity contribution < 1.29 is 19.4 Å². The third kappa shape index (κ3) is 2.93. The Morgan fingerprint density at radius 3 is 2.54 bits per heavy atom. The standard InChI is InChI=1S/C8H13NO4/c1-13-8(12)9(6-2-3-6)5-4-7(10)11/h6H,2-5H2,1H3,(H,10,11). The van der Waals surface area contributed by atoms with Crippen LogP contribution in [0.1, 0.15) is 19.3 Å². The predicted octanol–water partition coefficient (Wildman–Crippen LogP) is 0.692. The Kier molecular flexibility index (Phi) is 3.11. The summed E-state index contributed by atoms with van der Waals surface area (Å²) in [6.07, 6.45) is 1.46. The van der Waals surface area contributed by atoms with E-state index in [4.69, 9.17) is 5.11 Å². The van der Waals surface area contributed by atoms with Gasteiger partial charge in [-0.3, -0.25) is 4.79 Å². The summed E-state index contributed by atoms with van der Waals surface area (Å²) in [4.78, 5) is 22.9. The largest absolute Gasteiger partial charge is 0.481 e. The van der Waals surface area contributed by atoms with Crippen LogP contribution in [0, 0.1) is 0 Å². The lowest BCUT2D eigenvalue weighted by atomic mass is 10.4. The lowest BCUT2D eigenvalue weighted by Gasteiger charge is -2.19. The minimum atomic E-state index is -0.894.